The van der Waals surface area contributed by atoms with Gasteiger partial charge in [-0.15, -0.1) is 0 Å². The molecule has 1 aliphatic rings. The van der Waals surface area contributed by atoms with E-state index in [1.165, 1.54) is 26.2 Å². The lowest BCUT2D eigenvalue weighted by atomic mass is 10.2. The number of carbonyl (C=O) groups is 1. The van der Waals surface area contributed by atoms with Crippen molar-refractivity contribution in [3.8, 4) is 5.75 Å². The van der Waals surface area contributed by atoms with E-state index in [0.717, 1.165) is 23.8 Å². The third-order valence-electron chi connectivity index (χ3n) is 4.52. The van der Waals surface area contributed by atoms with Crippen LogP contribution in [0.3, 0.4) is 0 Å². The fraction of sp³-hybridized carbons (Fsp3) is 0.350. The Morgan fingerprint density at radius 3 is 2.59 bits per heavy atom. The van der Waals surface area contributed by atoms with E-state index in [0.29, 0.717) is 23.6 Å². The molecule has 1 unspecified atom stereocenters. The van der Waals surface area contributed by atoms with Crippen LogP contribution in [0.25, 0.3) is 0 Å². The van der Waals surface area contributed by atoms with Crippen molar-refractivity contribution < 1.29 is 22.7 Å². The number of hydrogen-bond acceptors (Lipinski definition) is 5. The summed E-state index contributed by atoms with van der Waals surface area (Å²) in [4.78, 5) is 12.4. The molecule has 3 rings (SSSR count). The Morgan fingerprint density at radius 2 is 1.97 bits per heavy atom. The Bertz CT molecular complexity index is 971. The molecule has 1 aliphatic heterocycles. The number of ether oxygens (including phenoxy) is 2. The highest BCUT2D eigenvalue weighted by atomic mass is 35.5. The lowest BCUT2D eigenvalue weighted by Gasteiger charge is -2.14. The van der Waals surface area contributed by atoms with E-state index in [1.807, 2.05) is 0 Å². The van der Waals surface area contributed by atoms with Crippen LogP contribution in [-0.4, -0.2) is 52.0 Å². The average molecular weight is 439 g/mol. The number of hydrogen-bond donors (Lipinski definition) is 1. The molecule has 1 N–H and O–H groups in total. The second kappa shape index (κ2) is 9.13. The lowest BCUT2D eigenvalue weighted by molar-refractivity contribution is 0.0679. The van der Waals surface area contributed by atoms with Gasteiger partial charge in [0.05, 0.1) is 11.1 Å². The highest BCUT2D eigenvalue weighted by Gasteiger charge is 2.21. The molecule has 156 valence electrons. The summed E-state index contributed by atoms with van der Waals surface area (Å²) in [6.07, 6.45) is 2.17. The third-order valence-corrected chi connectivity index (χ3v) is 6.82. The first-order valence-corrected chi connectivity index (χ1v) is 11.0. The van der Waals surface area contributed by atoms with E-state index in [-0.39, 0.29) is 21.9 Å². The molecule has 0 spiro atoms. The van der Waals surface area contributed by atoms with Crippen molar-refractivity contribution in [1.29, 1.82) is 0 Å². The topological polar surface area (TPSA) is 84.9 Å². The van der Waals surface area contributed by atoms with E-state index in [2.05, 4.69) is 5.32 Å². The number of rotatable bonds is 7. The Hall–Kier alpha value is -2.13. The molecule has 0 radical (unpaired) electrons. The van der Waals surface area contributed by atoms with Crippen molar-refractivity contribution in [2.45, 2.75) is 23.8 Å². The molecule has 1 heterocycles. The molecular weight excluding hydrogens is 416 g/mol. The smallest absolute Gasteiger partial charge is 0.255 e. The van der Waals surface area contributed by atoms with Crippen molar-refractivity contribution >= 4 is 33.2 Å². The van der Waals surface area contributed by atoms with E-state index >= 15 is 0 Å². The zero-order chi connectivity index (χ0) is 21.0. The Morgan fingerprint density at radius 1 is 1.24 bits per heavy atom. The molecule has 9 heteroatoms. The highest BCUT2D eigenvalue weighted by Crippen LogP contribution is 2.27. The number of nitrogens with zero attached hydrogens (tertiary/aromatic N) is 1. The van der Waals surface area contributed by atoms with Crippen LogP contribution in [0.4, 0.5) is 5.69 Å². The van der Waals surface area contributed by atoms with Crippen molar-refractivity contribution in [1.82, 2.24) is 4.31 Å². The number of sulfonamides is 1. The van der Waals surface area contributed by atoms with Gasteiger partial charge in [-0.05, 0) is 55.3 Å². The predicted molar refractivity (Wildman–Crippen MR) is 111 cm³/mol. The first-order chi connectivity index (χ1) is 13.8. The molecule has 1 amide bonds. The highest BCUT2D eigenvalue weighted by molar-refractivity contribution is 7.89. The van der Waals surface area contributed by atoms with Crippen LogP contribution in [0.5, 0.6) is 5.75 Å². The van der Waals surface area contributed by atoms with Gasteiger partial charge in [0.15, 0.2) is 0 Å². The van der Waals surface area contributed by atoms with Crippen molar-refractivity contribution in [3.63, 3.8) is 0 Å². The third kappa shape index (κ3) is 5.27. The second-order valence-electron chi connectivity index (χ2n) is 6.86. The van der Waals surface area contributed by atoms with Gasteiger partial charge in [0.2, 0.25) is 10.0 Å². The first-order valence-electron chi connectivity index (χ1n) is 9.15. The molecule has 2 aromatic carbocycles. The van der Waals surface area contributed by atoms with Crippen molar-refractivity contribution in [2.75, 3.05) is 32.6 Å². The van der Waals surface area contributed by atoms with Crippen LogP contribution in [0.1, 0.15) is 23.2 Å². The molecule has 1 fully saturated rings. The minimum atomic E-state index is -3.73. The first kappa shape index (κ1) is 21.6. The molecule has 1 saturated heterocycles. The van der Waals surface area contributed by atoms with Crippen LogP contribution in [0, 0.1) is 0 Å². The maximum Gasteiger partial charge on any atom is 0.255 e. The number of halogens is 1. The van der Waals surface area contributed by atoms with E-state index in [4.69, 9.17) is 21.1 Å². The Labute approximate surface area is 175 Å². The summed E-state index contributed by atoms with van der Waals surface area (Å²) in [7, 11) is -0.894. The zero-order valence-electron chi connectivity index (χ0n) is 16.2. The van der Waals surface area contributed by atoms with Crippen LogP contribution in [0.2, 0.25) is 5.02 Å². The second-order valence-corrected chi connectivity index (χ2v) is 9.38. The summed E-state index contributed by atoms with van der Waals surface area (Å²) >= 11 is 6.03. The monoisotopic (exact) mass is 438 g/mol. The molecule has 1 atom stereocenters. The van der Waals surface area contributed by atoms with E-state index in [9.17, 15) is 13.2 Å². The molecule has 0 bridgehead atoms. The van der Waals surface area contributed by atoms with Gasteiger partial charge in [-0.2, -0.15) is 0 Å². The fourth-order valence-electron chi connectivity index (χ4n) is 2.85. The van der Waals surface area contributed by atoms with Gasteiger partial charge in [-0.1, -0.05) is 11.6 Å². The number of carbonyl (C=O) groups excluding carboxylic acids is 1. The van der Waals surface area contributed by atoms with Gasteiger partial charge < -0.3 is 14.8 Å². The summed E-state index contributed by atoms with van der Waals surface area (Å²) in [5.74, 6) is 0.286. The molecule has 29 heavy (non-hydrogen) atoms. The summed E-state index contributed by atoms with van der Waals surface area (Å²) < 4.78 is 37.0. The van der Waals surface area contributed by atoms with Crippen molar-refractivity contribution in [2.24, 2.45) is 0 Å². The SMILES string of the molecule is CN(C)S(=O)(=O)c1cc(NC(=O)c2ccc(OCC3CCCO3)cc2)ccc1Cl. The van der Waals surface area contributed by atoms with Gasteiger partial charge in [-0.3, -0.25) is 4.79 Å². The van der Waals surface area contributed by atoms with E-state index in [1.54, 1.807) is 30.3 Å². The van der Waals surface area contributed by atoms with Crippen LogP contribution in [-0.2, 0) is 14.8 Å². The zero-order valence-corrected chi connectivity index (χ0v) is 17.8. The van der Waals surface area contributed by atoms with Gasteiger partial charge >= 0.3 is 0 Å². The molecule has 7 nitrogen and oxygen atoms in total. The summed E-state index contributed by atoms with van der Waals surface area (Å²) in [6.45, 7) is 1.26. The maximum atomic E-state index is 12.5. The minimum absolute atomic E-state index is 0.0696. The summed E-state index contributed by atoms with van der Waals surface area (Å²) in [5.41, 5.74) is 0.750. The van der Waals surface area contributed by atoms with Crippen LogP contribution in [0.15, 0.2) is 47.4 Å². The van der Waals surface area contributed by atoms with Gasteiger partial charge in [-0.25, -0.2) is 12.7 Å². The fourth-order valence-corrected chi connectivity index (χ4v) is 4.24. The van der Waals surface area contributed by atoms with Crippen LogP contribution < -0.4 is 10.1 Å². The standard InChI is InChI=1S/C20H23ClN2O5S/c1-23(2)29(25,26)19-12-15(7-10-18(19)21)22-20(24)14-5-8-16(9-6-14)28-13-17-4-3-11-27-17/h5-10,12,17H,3-4,11,13H2,1-2H3,(H,22,24). The number of anilines is 1. The van der Waals surface area contributed by atoms with Gasteiger partial charge in [0, 0.05) is 32.0 Å². The largest absolute Gasteiger partial charge is 0.491 e. The molecule has 0 aliphatic carbocycles. The van der Waals surface area contributed by atoms with E-state index < -0.39 is 10.0 Å². The Kier molecular flexibility index (Phi) is 6.79. The minimum Gasteiger partial charge on any atom is -0.491 e. The maximum absolute atomic E-state index is 12.5. The summed E-state index contributed by atoms with van der Waals surface area (Å²) in [6, 6.07) is 11.1. The number of amides is 1. The van der Waals surface area contributed by atoms with Crippen LogP contribution >= 0.6 is 11.6 Å². The number of benzene rings is 2. The molecule has 0 aromatic heterocycles. The van der Waals surface area contributed by atoms with Gasteiger partial charge in [0.25, 0.3) is 5.91 Å². The van der Waals surface area contributed by atoms with Crippen molar-refractivity contribution in [3.05, 3.63) is 53.1 Å². The normalized spacial score (nSPS) is 16.8. The lowest BCUT2D eigenvalue weighted by Crippen LogP contribution is -2.23. The number of nitrogens with one attached hydrogen (secondary N) is 1. The van der Waals surface area contributed by atoms with Gasteiger partial charge in [0.1, 0.15) is 17.3 Å². The molecule has 2 aromatic rings. The quantitative estimate of drug-likeness (QED) is 0.716. The Balaban J connectivity index is 1.67. The summed E-state index contributed by atoms with van der Waals surface area (Å²) in [5, 5.41) is 2.78. The average Bonchev–Trinajstić information content (AvgIpc) is 3.21. The predicted octanol–water partition coefficient (Wildman–Crippen LogP) is 3.40. The molecule has 0 saturated carbocycles. The molecular formula is C20H23ClN2O5S.